The van der Waals surface area contributed by atoms with E-state index in [-0.39, 0.29) is 17.2 Å². The highest BCUT2D eigenvalue weighted by atomic mass is 16.4. The largest absolute Gasteiger partial charge is 0.507 e. The van der Waals surface area contributed by atoms with Crippen LogP contribution in [-0.2, 0) is 6.42 Å². The fourth-order valence-electron chi connectivity index (χ4n) is 3.33. The van der Waals surface area contributed by atoms with Crippen molar-refractivity contribution in [2.75, 3.05) is 0 Å². The highest BCUT2D eigenvalue weighted by Crippen LogP contribution is 2.26. The zero-order chi connectivity index (χ0) is 24.4. The summed E-state index contributed by atoms with van der Waals surface area (Å²) in [6.07, 6.45) is 7.83. The van der Waals surface area contributed by atoms with Crippen LogP contribution in [0.1, 0.15) is 79.6 Å². The predicted molar refractivity (Wildman–Crippen MR) is 128 cm³/mol. The van der Waals surface area contributed by atoms with E-state index in [1.54, 1.807) is 19.1 Å². The van der Waals surface area contributed by atoms with Crippen LogP contribution in [0.15, 0.2) is 57.4 Å². The number of aromatic hydroxyl groups is 1. The van der Waals surface area contributed by atoms with E-state index in [0.29, 0.717) is 18.4 Å². The first-order chi connectivity index (χ1) is 15.7. The zero-order valence-corrected chi connectivity index (χ0v) is 19.3. The standard InChI is InChI=1S/C26H31NO6/c1-4-5-9-19-10-12-20(13-11-19)15-18(3)24(29)23-21(28)16-22(33-25(23)30)17(2)8-6-7-14-27-26(31)32/h7,10-17,27-28H,4-6,8-9H2,1-3H3,(H,31,32)/b14-7+,18-15+. The van der Waals surface area contributed by atoms with Crippen molar-refractivity contribution in [2.45, 2.75) is 58.8 Å². The van der Waals surface area contributed by atoms with Crippen molar-refractivity contribution in [3.8, 4) is 5.75 Å². The number of amides is 1. The fourth-order valence-corrected chi connectivity index (χ4v) is 3.33. The molecule has 1 amide bonds. The number of hydrogen-bond acceptors (Lipinski definition) is 5. The molecule has 0 spiro atoms. The van der Waals surface area contributed by atoms with Crippen LogP contribution in [-0.4, -0.2) is 22.1 Å². The summed E-state index contributed by atoms with van der Waals surface area (Å²) < 4.78 is 5.32. The van der Waals surface area contributed by atoms with E-state index in [0.717, 1.165) is 24.8 Å². The number of nitrogens with one attached hydrogen (secondary N) is 1. The van der Waals surface area contributed by atoms with Crippen LogP contribution in [0, 0.1) is 0 Å². The maximum atomic E-state index is 12.8. The maximum absolute atomic E-state index is 12.8. The van der Waals surface area contributed by atoms with Gasteiger partial charge in [-0.1, -0.05) is 50.6 Å². The average molecular weight is 454 g/mol. The molecule has 7 heteroatoms. The molecule has 0 radical (unpaired) electrons. The van der Waals surface area contributed by atoms with Gasteiger partial charge in [-0.25, -0.2) is 9.59 Å². The summed E-state index contributed by atoms with van der Waals surface area (Å²) in [6, 6.07) is 9.20. The van der Waals surface area contributed by atoms with Gasteiger partial charge in [0.1, 0.15) is 17.1 Å². The third kappa shape index (κ3) is 7.79. The van der Waals surface area contributed by atoms with Crippen molar-refractivity contribution < 1.29 is 24.2 Å². The topological polar surface area (TPSA) is 117 Å². The highest BCUT2D eigenvalue weighted by molar-refractivity contribution is 6.12. The fraction of sp³-hybridized carbons (Fsp3) is 0.346. The van der Waals surface area contributed by atoms with Crippen LogP contribution >= 0.6 is 0 Å². The third-order valence-electron chi connectivity index (χ3n) is 5.29. The van der Waals surface area contributed by atoms with Gasteiger partial charge in [0.05, 0.1) is 0 Å². The van der Waals surface area contributed by atoms with Crippen LogP contribution < -0.4 is 10.9 Å². The summed E-state index contributed by atoms with van der Waals surface area (Å²) in [4.78, 5) is 35.7. The molecule has 0 aliphatic rings. The molecular weight excluding hydrogens is 422 g/mol. The summed E-state index contributed by atoms with van der Waals surface area (Å²) in [6.45, 7) is 5.55. The number of unbranched alkanes of at least 4 members (excludes halogenated alkanes) is 1. The molecule has 0 saturated heterocycles. The molecule has 0 fully saturated rings. The van der Waals surface area contributed by atoms with E-state index in [2.05, 4.69) is 12.2 Å². The van der Waals surface area contributed by atoms with Gasteiger partial charge in [0.2, 0.25) is 0 Å². The normalized spacial score (nSPS) is 12.6. The third-order valence-corrected chi connectivity index (χ3v) is 5.29. The number of rotatable bonds is 11. The quantitative estimate of drug-likeness (QED) is 0.299. The molecule has 0 saturated carbocycles. The van der Waals surface area contributed by atoms with Gasteiger partial charge in [-0.2, -0.15) is 0 Å². The van der Waals surface area contributed by atoms with Crippen molar-refractivity contribution >= 4 is 18.0 Å². The van der Waals surface area contributed by atoms with Crippen LogP contribution in [0.5, 0.6) is 5.75 Å². The van der Waals surface area contributed by atoms with Crippen molar-refractivity contribution in [3.05, 3.63) is 81.1 Å². The van der Waals surface area contributed by atoms with Gasteiger partial charge in [0.25, 0.3) is 0 Å². The van der Waals surface area contributed by atoms with E-state index in [1.807, 2.05) is 31.2 Å². The number of carbonyl (C=O) groups excluding carboxylic acids is 1. The average Bonchev–Trinajstić information content (AvgIpc) is 2.77. The molecule has 1 aromatic carbocycles. The Bertz CT molecular complexity index is 1080. The Morgan fingerprint density at radius 2 is 1.91 bits per heavy atom. The molecule has 0 aliphatic carbocycles. The van der Waals surface area contributed by atoms with Crippen molar-refractivity contribution in [1.82, 2.24) is 5.32 Å². The summed E-state index contributed by atoms with van der Waals surface area (Å²) in [5.74, 6) is -0.954. The van der Waals surface area contributed by atoms with E-state index >= 15 is 0 Å². The molecule has 0 bridgehead atoms. The SMILES string of the molecule is CCCCc1ccc(/C=C(\C)C(=O)c2c(O)cc(C(C)CC/C=C/NC(=O)O)oc2=O)cc1. The molecule has 176 valence electrons. The van der Waals surface area contributed by atoms with Gasteiger partial charge in [-0.3, -0.25) is 10.1 Å². The molecule has 33 heavy (non-hydrogen) atoms. The minimum Gasteiger partial charge on any atom is -0.507 e. The Kier molecular flexibility index (Phi) is 9.66. The molecule has 0 aliphatic heterocycles. The lowest BCUT2D eigenvalue weighted by atomic mass is 9.99. The van der Waals surface area contributed by atoms with Crippen molar-refractivity contribution in [2.24, 2.45) is 0 Å². The van der Waals surface area contributed by atoms with Crippen LogP contribution in [0.3, 0.4) is 0 Å². The van der Waals surface area contributed by atoms with Gasteiger partial charge >= 0.3 is 11.7 Å². The summed E-state index contributed by atoms with van der Waals surface area (Å²) in [5, 5.41) is 21.0. The van der Waals surface area contributed by atoms with Crippen LogP contribution in [0.2, 0.25) is 0 Å². The molecule has 1 aromatic heterocycles. The first kappa shape index (κ1) is 25.6. The molecule has 1 heterocycles. The number of carbonyl (C=O) groups is 2. The van der Waals surface area contributed by atoms with Crippen molar-refractivity contribution in [3.63, 3.8) is 0 Å². The molecule has 3 N–H and O–H groups in total. The summed E-state index contributed by atoms with van der Waals surface area (Å²) in [5.41, 5.74) is 1.11. The second kappa shape index (κ2) is 12.4. The van der Waals surface area contributed by atoms with Gasteiger partial charge in [0, 0.05) is 18.2 Å². The Balaban J connectivity index is 2.12. The maximum Gasteiger partial charge on any atom is 0.408 e. The van der Waals surface area contributed by atoms with Crippen molar-refractivity contribution in [1.29, 1.82) is 0 Å². The summed E-state index contributed by atoms with van der Waals surface area (Å²) >= 11 is 0. The van der Waals surface area contributed by atoms with E-state index < -0.39 is 23.3 Å². The summed E-state index contributed by atoms with van der Waals surface area (Å²) in [7, 11) is 0. The lowest BCUT2D eigenvalue weighted by Crippen LogP contribution is -2.16. The second-order valence-electron chi connectivity index (χ2n) is 8.03. The Morgan fingerprint density at radius 1 is 1.21 bits per heavy atom. The second-order valence-corrected chi connectivity index (χ2v) is 8.03. The van der Waals surface area contributed by atoms with Gasteiger partial charge in [0.15, 0.2) is 5.78 Å². The van der Waals surface area contributed by atoms with E-state index in [4.69, 9.17) is 9.52 Å². The number of aryl methyl sites for hydroxylation is 1. The molecule has 1 atom stereocenters. The minimum absolute atomic E-state index is 0.218. The van der Waals surface area contributed by atoms with Crippen LogP contribution in [0.25, 0.3) is 6.08 Å². The number of hydrogen-bond donors (Lipinski definition) is 3. The Morgan fingerprint density at radius 3 is 2.52 bits per heavy atom. The smallest absolute Gasteiger partial charge is 0.408 e. The molecule has 1 unspecified atom stereocenters. The first-order valence-electron chi connectivity index (χ1n) is 11.1. The van der Waals surface area contributed by atoms with Gasteiger partial charge in [-0.15, -0.1) is 0 Å². The first-order valence-corrected chi connectivity index (χ1v) is 11.1. The zero-order valence-electron chi connectivity index (χ0n) is 19.3. The van der Waals surface area contributed by atoms with Gasteiger partial charge in [-0.05, 0) is 55.4 Å². The number of benzene rings is 1. The van der Waals surface area contributed by atoms with Crippen LogP contribution in [0.4, 0.5) is 4.79 Å². The highest BCUT2D eigenvalue weighted by Gasteiger charge is 2.22. The van der Waals surface area contributed by atoms with E-state index in [1.165, 1.54) is 17.8 Å². The monoisotopic (exact) mass is 453 g/mol. The van der Waals surface area contributed by atoms with E-state index in [9.17, 15) is 19.5 Å². The number of allylic oxidation sites excluding steroid dienone is 2. The number of Topliss-reactive ketones (excluding diaryl/α,β-unsaturated/α-hetero) is 1. The minimum atomic E-state index is -1.15. The molecule has 7 nitrogen and oxygen atoms in total. The molecule has 2 rings (SSSR count). The van der Waals surface area contributed by atoms with Gasteiger partial charge < -0.3 is 14.6 Å². The number of ketones is 1. The predicted octanol–water partition coefficient (Wildman–Crippen LogP) is 5.64. The molecular formula is C26H31NO6. The lowest BCUT2D eigenvalue weighted by Gasteiger charge is -2.11. The lowest BCUT2D eigenvalue weighted by molar-refractivity contribution is 0.102. The number of carboxylic acid groups (broad SMARTS) is 1. The Labute approximate surface area is 193 Å². The Hall–Kier alpha value is -3.61. The molecule has 2 aromatic rings.